The predicted octanol–water partition coefficient (Wildman–Crippen LogP) is -9.47. The molecule has 1 aliphatic rings. The van der Waals surface area contributed by atoms with E-state index in [0.29, 0.717) is 0 Å². The summed E-state index contributed by atoms with van der Waals surface area (Å²) in [7, 11) is -17.4. The maximum Gasteiger partial charge on any atom is 1.00 e. The van der Waals surface area contributed by atoms with E-state index in [4.69, 9.17) is 15.4 Å². The molecule has 0 spiro atoms. The van der Waals surface area contributed by atoms with Crippen LogP contribution in [0.4, 0.5) is 5.82 Å². The summed E-state index contributed by atoms with van der Waals surface area (Å²) in [5, 5.41) is 19.9. The number of ether oxygens (including phenoxy) is 1. The summed E-state index contributed by atoms with van der Waals surface area (Å²) in [5.41, 5.74) is 4.37. The number of nitrogens with zero attached hydrogens (tertiary/aromatic N) is 2. The third kappa shape index (κ3) is 9.62. The van der Waals surface area contributed by atoms with Crippen molar-refractivity contribution in [2.45, 2.75) is 24.5 Å². The molecule has 0 saturated carbocycles. The second-order valence-corrected chi connectivity index (χ2v) is 9.77. The van der Waals surface area contributed by atoms with Gasteiger partial charge in [0.15, 0.2) is 6.23 Å². The Morgan fingerprint density at radius 3 is 2.26 bits per heavy atom. The van der Waals surface area contributed by atoms with Crippen molar-refractivity contribution < 1.29 is 120 Å². The molecule has 31 heavy (non-hydrogen) atoms. The Morgan fingerprint density at radius 1 is 1.16 bits per heavy atom. The summed E-state index contributed by atoms with van der Waals surface area (Å²) in [5.74, 6) is -0.132. The van der Waals surface area contributed by atoms with Gasteiger partial charge in [0.1, 0.15) is 24.1 Å². The molecule has 7 atom stereocenters. The van der Waals surface area contributed by atoms with Gasteiger partial charge in [0, 0.05) is 6.20 Å². The Morgan fingerprint density at radius 2 is 1.74 bits per heavy atom. The van der Waals surface area contributed by atoms with Crippen LogP contribution in [0, 0.1) is 0 Å². The Balaban J connectivity index is 0.00000450. The number of nitrogen functional groups attached to an aromatic ring is 1. The number of aliphatic hydroxyl groups is 2. The molecular weight excluding hydrogens is 522 g/mol. The Labute approximate surface area is 217 Å². The molecule has 1 aromatic heterocycles. The molecular formula is C9H14N3Na2O14P3. The largest absolute Gasteiger partial charge is 1.00 e. The van der Waals surface area contributed by atoms with Crippen LogP contribution in [-0.4, -0.2) is 54.5 Å². The SMILES string of the molecule is N[13c]1[13cH][13cH]n([13C@@H]2O[13C@H]([13CH2]OP(=O)(O)OP(=O)([O-])OP(=O)([O-])O)[13C@@H](O)[13C@H]2O)[13c](=O)n1.[Na+].[Na+]. The molecule has 3 unspecified atom stereocenters. The van der Waals surface area contributed by atoms with Gasteiger partial charge in [-0.25, -0.2) is 18.0 Å². The monoisotopic (exact) mass is 536 g/mol. The van der Waals surface area contributed by atoms with Gasteiger partial charge in [0.25, 0.3) is 15.6 Å². The second kappa shape index (κ2) is 12.1. The van der Waals surface area contributed by atoms with Crippen LogP contribution in [0.1, 0.15) is 6.23 Å². The number of phosphoric ester groups is 1. The van der Waals surface area contributed by atoms with Crippen molar-refractivity contribution in [2.75, 3.05) is 12.3 Å². The summed E-state index contributed by atoms with van der Waals surface area (Å²) < 4.78 is 49.9. The zero-order valence-corrected chi connectivity index (χ0v) is 22.5. The second-order valence-electron chi connectivity index (χ2n) is 5.43. The number of hydrogen-bond acceptors (Lipinski definition) is 14. The fourth-order valence-electron chi connectivity index (χ4n) is 2.18. The smallest absolute Gasteiger partial charge is 0.756 e. The Hall–Kier alpha value is 0.970. The summed E-state index contributed by atoms with van der Waals surface area (Å²) in [6, 6.07) is 1.19. The molecule has 1 aromatic rings. The van der Waals surface area contributed by atoms with Gasteiger partial charge in [-0.15, -0.1) is 0 Å². The van der Waals surface area contributed by atoms with E-state index in [2.05, 4.69) is 18.1 Å². The van der Waals surface area contributed by atoms with Gasteiger partial charge in [-0.1, -0.05) is 0 Å². The van der Waals surface area contributed by atoms with Crippen LogP contribution in [0.2, 0.25) is 0 Å². The number of aliphatic hydroxyl groups excluding tert-OH is 2. The standard InChI is InChI=1S/C9H16N3O14P3.2Na/c10-5-1-2-12(9(15)11-5)8-7(14)6(13)4(24-8)3-23-28(19,20)26-29(21,22)25-27(16,17)18;;/h1-2,4,6-8,13-14H,3H2,(H,19,20)(H,21,22)(H2,10,11,15)(H2,16,17,18);;/q;2*+1/p-2/t4-,6-,7-,8-;;/m1../s1/i1+1,2+1,3+1,4+1,5+1,6+1,7+1,8+1,9+1;;. The zero-order valence-electron chi connectivity index (χ0n) is 15.9. The molecule has 0 aromatic carbocycles. The number of rotatable bonds is 8. The molecule has 1 aliphatic heterocycles. The van der Waals surface area contributed by atoms with Crippen molar-refractivity contribution in [3.8, 4) is 0 Å². The quantitative estimate of drug-likeness (QED) is 0.117. The van der Waals surface area contributed by atoms with Crippen molar-refractivity contribution in [1.82, 2.24) is 9.55 Å². The molecule has 22 heteroatoms. The molecule has 2 heterocycles. The third-order valence-corrected chi connectivity index (χ3v) is 7.00. The Kier molecular flexibility index (Phi) is 12.5. The van der Waals surface area contributed by atoms with Crippen molar-refractivity contribution in [1.29, 1.82) is 0 Å². The topological polar surface area (TPSA) is 276 Å². The number of phosphoric acid groups is 3. The van der Waals surface area contributed by atoms with E-state index in [1.807, 2.05) is 0 Å². The van der Waals surface area contributed by atoms with Gasteiger partial charge in [-0.3, -0.25) is 18.2 Å². The van der Waals surface area contributed by atoms with Crippen LogP contribution in [0.15, 0.2) is 17.1 Å². The zero-order chi connectivity index (χ0) is 22.2. The molecule has 0 aliphatic carbocycles. The minimum absolute atomic E-state index is 0. The molecule has 1 saturated heterocycles. The van der Waals surface area contributed by atoms with Gasteiger partial charge in [0.2, 0.25) is 0 Å². The van der Waals surface area contributed by atoms with Crippen molar-refractivity contribution >= 4 is 29.3 Å². The average Bonchev–Trinajstić information content (AvgIpc) is 2.78. The van der Waals surface area contributed by atoms with Crippen LogP contribution >= 0.6 is 23.5 Å². The van der Waals surface area contributed by atoms with Crippen LogP contribution < -0.4 is 80.3 Å². The van der Waals surface area contributed by atoms with Crippen molar-refractivity contribution in [3.05, 3.63) is 22.7 Å². The van der Waals surface area contributed by atoms with Gasteiger partial charge < -0.3 is 40.3 Å². The first kappa shape index (κ1) is 32.0. The van der Waals surface area contributed by atoms with E-state index < -0.39 is 60.3 Å². The molecule has 0 bridgehead atoms. The summed E-state index contributed by atoms with van der Waals surface area (Å²) in [6.45, 7) is -1.06. The molecule has 0 radical (unpaired) electrons. The fourth-order valence-corrected chi connectivity index (χ4v) is 5.11. The number of anilines is 1. The first-order chi connectivity index (χ1) is 13.1. The van der Waals surface area contributed by atoms with E-state index in [-0.39, 0.29) is 64.9 Å². The third-order valence-electron chi connectivity index (χ3n) is 3.27. The first-order valence-electron chi connectivity index (χ1n) is 7.21. The van der Waals surface area contributed by atoms with Crippen molar-refractivity contribution in [2.24, 2.45) is 0 Å². The number of aromatic nitrogens is 2. The molecule has 6 N–H and O–H groups in total. The molecule has 0 amide bonds. The van der Waals surface area contributed by atoms with Crippen molar-refractivity contribution in [3.63, 3.8) is 0 Å². The van der Waals surface area contributed by atoms with E-state index >= 15 is 0 Å². The maximum absolute atomic E-state index is 11.8. The van der Waals surface area contributed by atoms with Crippen LogP contribution in [0.3, 0.4) is 0 Å². The minimum atomic E-state index is -6.03. The van der Waals surface area contributed by atoms with Gasteiger partial charge in [0.05, 0.1) is 6.61 Å². The minimum Gasteiger partial charge on any atom is -0.756 e. The summed E-state index contributed by atoms with van der Waals surface area (Å²) in [4.78, 5) is 54.3. The molecule has 17 nitrogen and oxygen atoms in total. The number of hydrogen-bond donors (Lipinski definition) is 5. The van der Waals surface area contributed by atoms with E-state index in [9.17, 15) is 43.4 Å². The predicted molar refractivity (Wildman–Crippen MR) is 84.2 cm³/mol. The summed E-state index contributed by atoms with van der Waals surface area (Å²) >= 11 is 0. The van der Waals surface area contributed by atoms with Crippen LogP contribution in [0.25, 0.3) is 0 Å². The summed E-state index contributed by atoms with van der Waals surface area (Å²) in [6.07, 6.45) is -5.50. The van der Waals surface area contributed by atoms with Gasteiger partial charge in [-0.05, 0) is 6.07 Å². The average molecular weight is 536 g/mol. The van der Waals surface area contributed by atoms with Gasteiger partial charge >= 0.3 is 72.6 Å². The molecule has 1 fully saturated rings. The normalized spacial score (nSPS) is 29.0. The van der Waals surface area contributed by atoms with E-state index in [1.54, 1.807) is 0 Å². The first-order valence-corrected chi connectivity index (χ1v) is 11.7. The van der Waals surface area contributed by atoms with E-state index in [1.165, 1.54) is 6.07 Å². The van der Waals surface area contributed by atoms with Crippen LogP contribution in [-0.2, 0) is 31.6 Å². The maximum atomic E-state index is 11.8. The Bertz CT molecular complexity index is 956. The van der Waals surface area contributed by atoms with E-state index in [0.717, 1.165) is 10.8 Å². The fraction of sp³-hybridized carbons (Fsp3) is 0.556. The van der Waals surface area contributed by atoms with Crippen LogP contribution in [0.5, 0.6) is 0 Å². The number of nitrogens with two attached hydrogens (primary N) is 1. The van der Waals surface area contributed by atoms with Gasteiger partial charge in [-0.2, -0.15) is 4.98 Å². The molecule has 2 rings (SSSR count). The molecule has 166 valence electrons.